The molecular formula is C27H14N6. The van der Waals surface area contributed by atoms with Gasteiger partial charge in [0.15, 0.2) is 5.69 Å². The standard InChI is InChI=1S/C27H14N6/c1-28-18-9-3-2-8-17(18)16-14-23-25-24(15-16)32-22-13-7-5-11-20(22)30-27(32)33(25)26-29-19-10-4-6-12-21(19)31(23)26/h2-15H. The van der Waals surface area contributed by atoms with Gasteiger partial charge in [-0.3, -0.25) is 8.80 Å². The Morgan fingerprint density at radius 1 is 0.606 bits per heavy atom. The third kappa shape index (κ3) is 1.93. The third-order valence-corrected chi connectivity index (χ3v) is 6.60. The SMILES string of the molecule is [C-]#[N+]c1ccccc1-c1cc2c3c(c1)n1c4ccccc4nc1n3c1nc3ccccc3n21. The molecular weight excluding hydrogens is 408 g/mol. The van der Waals surface area contributed by atoms with Crippen LogP contribution in [-0.4, -0.2) is 23.2 Å². The molecule has 0 radical (unpaired) electrons. The number of nitrogens with zero attached hydrogens (tertiary/aromatic N) is 6. The van der Waals surface area contributed by atoms with Crippen LogP contribution in [0.4, 0.5) is 5.69 Å². The Hall–Kier alpha value is -4.89. The van der Waals surface area contributed by atoms with Gasteiger partial charge in [-0.1, -0.05) is 48.5 Å². The van der Waals surface area contributed by atoms with E-state index in [1.54, 1.807) is 0 Å². The Morgan fingerprint density at radius 3 is 1.76 bits per heavy atom. The van der Waals surface area contributed by atoms with E-state index in [0.717, 1.165) is 61.3 Å². The highest BCUT2D eigenvalue weighted by Crippen LogP contribution is 2.39. The highest BCUT2D eigenvalue weighted by molar-refractivity contribution is 6.06. The fourth-order valence-electron chi connectivity index (χ4n) is 5.24. The normalized spacial score (nSPS) is 12.2. The Kier molecular flexibility index (Phi) is 2.88. The summed E-state index contributed by atoms with van der Waals surface area (Å²) in [6.45, 7) is 7.68. The molecule has 4 heterocycles. The molecule has 4 aromatic heterocycles. The van der Waals surface area contributed by atoms with E-state index < -0.39 is 0 Å². The molecule has 0 aliphatic heterocycles. The molecule has 152 valence electrons. The van der Waals surface area contributed by atoms with Crippen molar-refractivity contribution < 1.29 is 0 Å². The summed E-state index contributed by atoms with van der Waals surface area (Å²) < 4.78 is 6.58. The molecule has 0 amide bonds. The molecule has 6 heteroatoms. The monoisotopic (exact) mass is 422 g/mol. The lowest BCUT2D eigenvalue weighted by Crippen LogP contribution is -1.88. The van der Waals surface area contributed by atoms with Crippen molar-refractivity contribution >= 4 is 55.9 Å². The van der Waals surface area contributed by atoms with Gasteiger partial charge in [0.2, 0.25) is 11.6 Å². The number of para-hydroxylation sites is 5. The van der Waals surface area contributed by atoms with E-state index in [1.807, 2.05) is 60.7 Å². The number of hydrogen-bond donors (Lipinski definition) is 0. The van der Waals surface area contributed by atoms with Crippen LogP contribution >= 0.6 is 0 Å². The van der Waals surface area contributed by atoms with Gasteiger partial charge in [-0.25, -0.2) is 19.2 Å². The van der Waals surface area contributed by atoms with Crippen LogP contribution in [0, 0.1) is 6.57 Å². The highest BCUT2D eigenvalue weighted by Gasteiger charge is 2.24. The van der Waals surface area contributed by atoms with Crippen LogP contribution in [0.2, 0.25) is 0 Å². The molecule has 0 aliphatic rings. The quantitative estimate of drug-likeness (QED) is 0.289. The van der Waals surface area contributed by atoms with Crippen molar-refractivity contribution in [2.45, 2.75) is 0 Å². The van der Waals surface area contributed by atoms with E-state index in [4.69, 9.17) is 16.5 Å². The zero-order valence-corrected chi connectivity index (χ0v) is 17.3. The highest BCUT2D eigenvalue weighted by atomic mass is 15.3. The summed E-state index contributed by atoms with van der Waals surface area (Å²) in [6, 6.07) is 28.5. The van der Waals surface area contributed by atoms with Gasteiger partial charge in [0.25, 0.3) is 0 Å². The van der Waals surface area contributed by atoms with Gasteiger partial charge < -0.3 is 0 Å². The summed E-state index contributed by atoms with van der Waals surface area (Å²) in [7, 11) is 0. The summed E-state index contributed by atoms with van der Waals surface area (Å²) in [5.41, 5.74) is 9.78. The van der Waals surface area contributed by atoms with E-state index in [0.29, 0.717) is 5.69 Å². The van der Waals surface area contributed by atoms with E-state index in [9.17, 15) is 0 Å². The first-order chi connectivity index (χ1) is 16.3. The first-order valence-electron chi connectivity index (χ1n) is 10.7. The lowest BCUT2D eigenvalue weighted by molar-refractivity contribution is 1.15. The van der Waals surface area contributed by atoms with Crippen LogP contribution in [0.25, 0.3) is 66.1 Å². The van der Waals surface area contributed by atoms with Gasteiger partial charge in [-0.15, -0.1) is 0 Å². The number of fused-ring (bicyclic) bond motifs is 10. The van der Waals surface area contributed by atoms with E-state index >= 15 is 0 Å². The zero-order valence-electron chi connectivity index (χ0n) is 17.3. The Labute approximate surface area is 186 Å². The Bertz CT molecular complexity index is 1980. The predicted molar refractivity (Wildman–Crippen MR) is 130 cm³/mol. The number of hydrogen-bond acceptors (Lipinski definition) is 2. The van der Waals surface area contributed by atoms with Gasteiger partial charge in [0, 0.05) is 0 Å². The maximum Gasteiger partial charge on any atom is 0.223 e. The molecule has 0 N–H and O–H groups in total. The van der Waals surface area contributed by atoms with Gasteiger partial charge in [0.05, 0.1) is 39.7 Å². The topological polar surface area (TPSA) is 43.4 Å². The van der Waals surface area contributed by atoms with Crippen LogP contribution in [0.15, 0.2) is 84.9 Å². The van der Waals surface area contributed by atoms with Gasteiger partial charge in [0.1, 0.15) is 5.52 Å². The Morgan fingerprint density at radius 2 is 1.15 bits per heavy atom. The molecule has 8 rings (SSSR count). The second kappa shape index (κ2) is 5.67. The maximum atomic E-state index is 7.68. The van der Waals surface area contributed by atoms with Crippen molar-refractivity contribution in [3.8, 4) is 11.1 Å². The Balaban J connectivity index is 1.69. The smallest absolute Gasteiger partial charge is 0.223 e. The van der Waals surface area contributed by atoms with Crippen LogP contribution in [0.5, 0.6) is 0 Å². The summed E-state index contributed by atoms with van der Waals surface area (Å²) >= 11 is 0. The summed E-state index contributed by atoms with van der Waals surface area (Å²) in [5.74, 6) is 1.69. The van der Waals surface area contributed by atoms with Gasteiger partial charge in [-0.2, -0.15) is 0 Å². The van der Waals surface area contributed by atoms with Crippen molar-refractivity contribution in [1.82, 2.24) is 23.2 Å². The average Bonchev–Trinajstić information content (AvgIpc) is 3.58. The molecule has 0 saturated carbocycles. The van der Waals surface area contributed by atoms with Crippen molar-refractivity contribution in [2.24, 2.45) is 0 Å². The average molecular weight is 422 g/mol. The second-order valence-corrected chi connectivity index (χ2v) is 8.30. The fourth-order valence-corrected chi connectivity index (χ4v) is 5.24. The first-order valence-corrected chi connectivity index (χ1v) is 10.7. The summed E-state index contributed by atoms with van der Waals surface area (Å²) in [6.07, 6.45) is 0. The molecule has 33 heavy (non-hydrogen) atoms. The van der Waals surface area contributed by atoms with Gasteiger partial charge >= 0.3 is 0 Å². The molecule has 8 aromatic rings. The van der Waals surface area contributed by atoms with E-state index in [1.165, 1.54) is 0 Å². The number of aromatic nitrogens is 5. The summed E-state index contributed by atoms with van der Waals surface area (Å²) in [5, 5.41) is 0. The van der Waals surface area contributed by atoms with Crippen molar-refractivity contribution in [2.75, 3.05) is 0 Å². The molecule has 0 unspecified atom stereocenters. The second-order valence-electron chi connectivity index (χ2n) is 8.30. The van der Waals surface area contributed by atoms with Crippen molar-refractivity contribution in [3.63, 3.8) is 0 Å². The van der Waals surface area contributed by atoms with Crippen LogP contribution in [0.3, 0.4) is 0 Å². The molecule has 6 nitrogen and oxygen atoms in total. The third-order valence-electron chi connectivity index (χ3n) is 6.60. The lowest BCUT2D eigenvalue weighted by atomic mass is 10.0. The lowest BCUT2D eigenvalue weighted by Gasteiger charge is -2.06. The number of imidazole rings is 4. The molecule has 0 aliphatic carbocycles. The number of benzene rings is 4. The molecule has 0 atom stereocenters. The summed E-state index contributed by atoms with van der Waals surface area (Å²) in [4.78, 5) is 13.7. The predicted octanol–water partition coefficient (Wildman–Crippen LogP) is 6.35. The molecule has 0 spiro atoms. The van der Waals surface area contributed by atoms with E-state index in [2.05, 4.69) is 42.3 Å². The van der Waals surface area contributed by atoms with Crippen LogP contribution in [0.1, 0.15) is 0 Å². The van der Waals surface area contributed by atoms with Crippen LogP contribution in [-0.2, 0) is 0 Å². The minimum absolute atomic E-state index is 0.643. The van der Waals surface area contributed by atoms with E-state index in [-0.39, 0.29) is 0 Å². The maximum absolute atomic E-state index is 7.68. The fraction of sp³-hybridized carbons (Fsp3) is 0. The van der Waals surface area contributed by atoms with Crippen LogP contribution < -0.4 is 0 Å². The zero-order chi connectivity index (χ0) is 21.7. The van der Waals surface area contributed by atoms with Crippen molar-refractivity contribution in [1.29, 1.82) is 0 Å². The van der Waals surface area contributed by atoms with Gasteiger partial charge in [-0.05, 0) is 47.5 Å². The van der Waals surface area contributed by atoms with Crippen molar-refractivity contribution in [3.05, 3.63) is 96.3 Å². The minimum atomic E-state index is 0.643. The molecule has 0 saturated heterocycles. The molecule has 0 fully saturated rings. The molecule has 4 aromatic carbocycles. The molecule has 0 bridgehead atoms. The number of rotatable bonds is 1. The minimum Gasteiger partial charge on any atom is -0.276 e. The first kappa shape index (κ1) is 16.8. The largest absolute Gasteiger partial charge is 0.276 e.